The zero-order valence-electron chi connectivity index (χ0n) is 11.1. The van der Waals surface area contributed by atoms with Crippen LogP contribution in [0, 0.1) is 10.1 Å². The van der Waals surface area contributed by atoms with E-state index in [1.807, 2.05) is 18.2 Å². The summed E-state index contributed by atoms with van der Waals surface area (Å²) in [6, 6.07) is 16.7. The summed E-state index contributed by atoms with van der Waals surface area (Å²) in [6.07, 6.45) is 0.794. The van der Waals surface area contributed by atoms with Crippen molar-refractivity contribution in [3.63, 3.8) is 0 Å². The van der Waals surface area contributed by atoms with Crippen molar-refractivity contribution in [3.8, 4) is 0 Å². The Kier molecular flexibility index (Phi) is 3.87. The van der Waals surface area contributed by atoms with E-state index in [0.717, 1.165) is 17.0 Å². The minimum Gasteiger partial charge on any atom is -0.291 e. The van der Waals surface area contributed by atoms with Crippen molar-refractivity contribution in [1.29, 1.82) is 0 Å². The summed E-state index contributed by atoms with van der Waals surface area (Å²) in [5, 5.41) is 16.0. The smallest absolute Gasteiger partial charge is 0.269 e. The Bertz CT molecular complexity index is 671. The van der Waals surface area contributed by atoms with E-state index >= 15 is 0 Å². The Balaban J connectivity index is 1.64. The van der Waals surface area contributed by atoms with Crippen LogP contribution < -0.4 is 5.43 Å². The molecule has 2 aromatic carbocycles. The van der Waals surface area contributed by atoms with Crippen LogP contribution in [0.1, 0.15) is 16.5 Å². The second-order valence-corrected chi connectivity index (χ2v) is 5.82. The highest BCUT2D eigenvalue weighted by molar-refractivity contribution is 8.14. The van der Waals surface area contributed by atoms with Gasteiger partial charge in [0.1, 0.15) is 5.37 Å². The van der Waals surface area contributed by atoms with Crippen molar-refractivity contribution in [2.24, 2.45) is 5.10 Å². The fourth-order valence-electron chi connectivity index (χ4n) is 2.08. The third kappa shape index (κ3) is 3.22. The molecule has 21 heavy (non-hydrogen) atoms. The molecule has 106 valence electrons. The molecule has 0 unspecified atom stereocenters. The number of nitrogens with one attached hydrogen (secondary N) is 1. The van der Waals surface area contributed by atoms with Gasteiger partial charge in [0.25, 0.3) is 5.69 Å². The van der Waals surface area contributed by atoms with Gasteiger partial charge in [-0.3, -0.25) is 15.5 Å². The van der Waals surface area contributed by atoms with Gasteiger partial charge in [-0.25, -0.2) is 0 Å². The fraction of sp³-hybridized carbons (Fsp3) is 0.133. The minimum atomic E-state index is -0.393. The Morgan fingerprint density at radius 1 is 1.14 bits per heavy atom. The molecule has 0 spiro atoms. The number of nitro groups is 1. The Morgan fingerprint density at radius 2 is 1.86 bits per heavy atom. The van der Waals surface area contributed by atoms with Gasteiger partial charge < -0.3 is 0 Å². The number of hydrazone groups is 1. The van der Waals surface area contributed by atoms with E-state index in [-0.39, 0.29) is 11.1 Å². The molecule has 5 nitrogen and oxygen atoms in total. The van der Waals surface area contributed by atoms with E-state index in [4.69, 9.17) is 0 Å². The number of hydrogen-bond acceptors (Lipinski definition) is 5. The fourth-order valence-corrected chi connectivity index (χ4v) is 3.11. The highest BCUT2D eigenvalue weighted by Gasteiger charge is 2.21. The predicted octanol–water partition coefficient (Wildman–Crippen LogP) is 3.49. The first kappa shape index (κ1) is 13.6. The second kappa shape index (κ2) is 5.97. The van der Waals surface area contributed by atoms with E-state index in [0.29, 0.717) is 0 Å². The van der Waals surface area contributed by atoms with Gasteiger partial charge in [0.15, 0.2) is 0 Å². The molecule has 1 N–H and O–H groups in total. The van der Waals surface area contributed by atoms with E-state index in [9.17, 15) is 10.1 Å². The highest BCUT2D eigenvalue weighted by atomic mass is 32.2. The Hall–Kier alpha value is -2.34. The summed E-state index contributed by atoms with van der Waals surface area (Å²) in [4.78, 5) is 10.3. The lowest BCUT2D eigenvalue weighted by Crippen LogP contribution is -2.06. The van der Waals surface area contributed by atoms with Crippen molar-refractivity contribution in [3.05, 3.63) is 75.8 Å². The second-order valence-electron chi connectivity index (χ2n) is 4.64. The van der Waals surface area contributed by atoms with Crippen LogP contribution in [0.5, 0.6) is 0 Å². The molecule has 1 heterocycles. The number of nitro benzene ring substituents is 1. The minimum absolute atomic E-state index is 0.0181. The van der Waals surface area contributed by atoms with E-state index in [2.05, 4.69) is 22.7 Å². The Labute approximate surface area is 126 Å². The van der Waals surface area contributed by atoms with Gasteiger partial charge in [-0.1, -0.05) is 42.1 Å². The molecule has 2 aromatic rings. The molecule has 1 aliphatic rings. The maximum Gasteiger partial charge on any atom is 0.269 e. The van der Waals surface area contributed by atoms with E-state index in [1.54, 1.807) is 23.9 Å². The van der Waals surface area contributed by atoms with Gasteiger partial charge in [0, 0.05) is 18.6 Å². The number of non-ortho nitro benzene ring substituents is 1. The largest absolute Gasteiger partial charge is 0.291 e. The zero-order chi connectivity index (χ0) is 14.7. The van der Waals surface area contributed by atoms with E-state index < -0.39 is 4.92 Å². The SMILES string of the molecule is O=[N+]([O-])c1ccc([C@@H]2NN=C(Cc3ccccc3)S2)cc1. The summed E-state index contributed by atoms with van der Waals surface area (Å²) < 4.78 is 0. The van der Waals surface area contributed by atoms with Crippen molar-refractivity contribution < 1.29 is 4.92 Å². The summed E-state index contributed by atoms with van der Waals surface area (Å²) in [6.45, 7) is 0. The maximum atomic E-state index is 10.7. The molecule has 0 aliphatic carbocycles. The summed E-state index contributed by atoms with van der Waals surface area (Å²) in [7, 11) is 0. The number of rotatable bonds is 4. The molecule has 3 rings (SSSR count). The molecule has 0 amide bonds. The lowest BCUT2D eigenvalue weighted by Gasteiger charge is -2.08. The average Bonchev–Trinajstić information content (AvgIpc) is 2.97. The zero-order valence-corrected chi connectivity index (χ0v) is 11.9. The molecular weight excluding hydrogens is 286 g/mol. The quantitative estimate of drug-likeness (QED) is 0.693. The van der Waals surface area contributed by atoms with Gasteiger partial charge in [-0.2, -0.15) is 5.10 Å². The van der Waals surface area contributed by atoms with Gasteiger partial charge >= 0.3 is 0 Å². The van der Waals surface area contributed by atoms with Crippen molar-refractivity contribution in [2.45, 2.75) is 11.8 Å². The lowest BCUT2D eigenvalue weighted by molar-refractivity contribution is -0.384. The third-order valence-corrected chi connectivity index (χ3v) is 4.29. The van der Waals surface area contributed by atoms with Gasteiger partial charge in [-0.05, 0) is 23.3 Å². The third-order valence-electron chi connectivity index (χ3n) is 3.17. The standard InChI is InChI=1S/C15H13N3O2S/c19-18(20)13-8-6-12(7-9-13)15-17-16-14(21-15)10-11-4-2-1-3-5-11/h1-9,15,17H,10H2/t15-/m1/s1. The molecule has 0 aromatic heterocycles. The molecule has 0 fully saturated rings. The van der Waals surface area contributed by atoms with Crippen LogP contribution in [-0.4, -0.2) is 9.97 Å². The van der Waals surface area contributed by atoms with Crippen molar-refractivity contribution in [1.82, 2.24) is 5.43 Å². The maximum absolute atomic E-state index is 10.7. The van der Waals surface area contributed by atoms with Crippen LogP contribution in [0.15, 0.2) is 59.7 Å². The van der Waals surface area contributed by atoms with Crippen LogP contribution >= 0.6 is 11.8 Å². The van der Waals surface area contributed by atoms with Crippen molar-refractivity contribution >= 4 is 22.5 Å². The normalized spacial score (nSPS) is 17.1. The number of benzene rings is 2. The molecule has 1 aliphatic heterocycles. The topological polar surface area (TPSA) is 67.5 Å². The summed E-state index contributed by atoms with van der Waals surface area (Å²) >= 11 is 1.64. The van der Waals surface area contributed by atoms with Crippen molar-refractivity contribution in [2.75, 3.05) is 0 Å². The van der Waals surface area contributed by atoms with E-state index in [1.165, 1.54) is 17.7 Å². The monoisotopic (exact) mass is 299 g/mol. The van der Waals surface area contributed by atoms with Crippen LogP contribution in [0.25, 0.3) is 0 Å². The molecule has 1 atom stereocenters. The number of hydrogen-bond donors (Lipinski definition) is 1. The number of nitrogens with zero attached hydrogens (tertiary/aromatic N) is 2. The molecule has 0 radical (unpaired) electrons. The molecule has 6 heteroatoms. The van der Waals surface area contributed by atoms with Gasteiger partial charge in [0.2, 0.25) is 0 Å². The summed E-state index contributed by atoms with van der Waals surface area (Å²) in [5.41, 5.74) is 5.38. The average molecular weight is 299 g/mol. The predicted molar refractivity (Wildman–Crippen MR) is 84.1 cm³/mol. The first-order valence-electron chi connectivity index (χ1n) is 6.49. The van der Waals surface area contributed by atoms with Crippen LogP contribution in [0.2, 0.25) is 0 Å². The first-order chi connectivity index (χ1) is 10.2. The molecule has 0 bridgehead atoms. The van der Waals surface area contributed by atoms with Crippen LogP contribution in [-0.2, 0) is 6.42 Å². The van der Waals surface area contributed by atoms with Crippen LogP contribution in [0.3, 0.4) is 0 Å². The van der Waals surface area contributed by atoms with Gasteiger partial charge in [-0.15, -0.1) is 0 Å². The molecule has 0 saturated carbocycles. The Morgan fingerprint density at radius 3 is 2.52 bits per heavy atom. The molecular formula is C15H13N3O2S. The summed E-state index contributed by atoms with van der Waals surface area (Å²) in [5.74, 6) is 0. The highest BCUT2D eigenvalue weighted by Crippen LogP contribution is 2.33. The first-order valence-corrected chi connectivity index (χ1v) is 7.37. The lowest BCUT2D eigenvalue weighted by atomic mass is 10.2. The van der Waals surface area contributed by atoms with Gasteiger partial charge in [0.05, 0.1) is 9.97 Å². The van der Waals surface area contributed by atoms with Crippen LogP contribution in [0.4, 0.5) is 5.69 Å². The number of thioether (sulfide) groups is 1. The molecule has 0 saturated heterocycles.